The van der Waals surface area contributed by atoms with Crippen LogP contribution in [0.2, 0.25) is 0 Å². The van der Waals surface area contributed by atoms with Gasteiger partial charge >= 0.3 is 5.97 Å². The molecule has 0 N–H and O–H groups in total. The maximum Gasteiger partial charge on any atom is 0.332 e. The van der Waals surface area contributed by atoms with E-state index in [-0.39, 0.29) is 12.6 Å². The molecule has 0 spiro atoms. The van der Waals surface area contributed by atoms with Crippen LogP contribution in [0.5, 0.6) is 0 Å². The highest BCUT2D eigenvalue weighted by atomic mass is 16.6. The first-order valence-corrected chi connectivity index (χ1v) is 7.38. The highest BCUT2D eigenvalue weighted by Crippen LogP contribution is 2.25. The second-order valence-corrected chi connectivity index (χ2v) is 6.62. The van der Waals surface area contributed by atoms with E-state index in [1.807, 2.05) is 20.8 Å². The zero-order valence-corrected chi connectivity index (χ0v) is 14.5. The summed E-state index contributed by atoms with van der Waals surface area (Å²) >= 11 is 0. The lowest BCUT2D eigenvalue weighted by Crippen LogP contribution is -2.26. The van der Waals surface area contributed by atoms with Gasteiger partial charge in [0.1, 0.15) is 12.2 Å². The van der Waals surface area contributed by atoms with E-state index in [9.17, 15) is 4.79 Å². The highest BCUT2D eigenvalue weighted by Gasteiger charge is 2.16. The Morgan fingerprint density at radius 2 is 1.57 bits per heavy atom. The van der Waals surface area contributed by atoms with Gasteiger partial charge in [0.2, 0.25) is 0 Å². The standard InChI is InChI=1S/C11H16.C7H14O3/c1-4-11(2,3)10-8-6-5-7-9-10;1-7(2,3)10-6(8)5-9-4/h5-9H,4H2,1-3H3;5H2,1-4H3. The number of benzene rings is 1. The predicted octanol–water partition coefficient (Wildman–Crippen LogP) is 4.35. The van der Waals surface area contributed by atoms with Gasteiger partial charge in [-0.15, -0.1) is 0 Å². The summed E-state index contributed by atoms with van der Waals surface area (Å²) < 4.78 is 9.49. The topological polar surface area (TPSA) is 35.5 Å². The molecule has 0 aliphatic heterocycles. The van der Waals surface area contributed by atoms with Gasteiger partial charge in [0.05, 0.1) is 0 Å². The van der Waals surface area contributed by atoms with Gasteiger partial charge < -0.3 is 9.47 Å². The molecule has 1 aromatic carbocycles. The van der Waals surface area contributed by atoms with Crippen molar-refractivity contribution < 1.29 is 14.3 Å². The summed E-state index contributed by atoms with van der Waals surface area (Å²) in [6.07, 6.45) is 1.19. The smallest absolute Gasteiger partial charge is 0.332 e. The van der Waals surface area contributed by atoms with Crippen LogP contribution in [-0.2, 0) is 19.7 Å². The van der Waals surface area contributed by atoms with E-state index in [4.69, 9.17) is 4.74 Å². The summed E-state index contributed by atoms with van der Waals surface area (Å²) in [5, 5.41) is 0. The molecule has 21 heavy (non-hydrogen) atoms. The van der Waals surface area contributed by atoms with Gasteiger partial charge in [-0.3, -0.25) is 0 Å². The lowest BCUT2D eigenvalue weighted by atomic mass is 9.82. The van der Waals surface area contributed by atoms with Crippen LogP contribution in [-0.4, -0.2) is 25.3 Å². The van der Waals surface area contributed by atoms with E-state index in [2.05, 4.69) is 55.8 Å². The Balaban J connectivity index is 0.000000384. The second-order valence-electron chi connectivity index (χ2n) is 6.62. The van der Waals surface area contributed by atoms with Crippen molar-refractivity contribution in [2.24, 2.45) is 0 Å². The summed E-state index contributed by atoms with van der Waals surface area (Å²) in [4.78, 5) is 10.7. The predicted molar refractivity (Wildman–Crippen MR) is 87.5 cm³/mol. The number of methoxy groups -OCH3 is 1. The highest BCUT2D eigenvalue weighted by molar-refractivity contribution is 5.71. The van der Waals surface area contributed by atoms with E-state index in [0.29, 0.717) is 5.41 Å². The van der Waals surface area contributed by atoms with E-state index in [1.165, 1.54) is 19.1 Å². The first-order chi connectivity index (χ1) is 9.62. The van der Waals surface area contributed by atoms with Gasteiger partial charge in [-0.1, -0.05) is 51.1 Å². The molecule has 0 radical (unpaired) electrons. The summed E-state index contributed by atoms with van der Waals surface area (Å²) in [6.45, 7) is 12.3. The minimum absolute atomic E-state index is 0.0251. The third-order valence-corrected chi connectivity index (χ3v) is 3.12. The Labute approximate surface area is 129 Å². The third kappa shape index (κ3) is 9.24. The first kappa shape index (κ1) is 19.7. The molecule has 1 rings (SSSR count). The second kappa shape index (κ2) is 8.83. The van der Waals surface area contributed by atoms with Crippen LogP contribution in [0.15, 0.2) is 30.3 Å². The van der Waals surface area contributed by atoms with Crippen molar-refractivity contribution in [3.63, 3.8) is 0 Å². The van der Waals surface area contributed by atoms with Gasteiger partial charge in [-0.25, -0.2) is 4.79 Å². The lowest BCUT2D eigenvalue weighted by molar-refractivity contribution is -0.159. The fraction of sp³-hybridized carbons (Fsp3) is 0.611. The zero-order chi connectivity index (χ0) is 16.5. The van der Waals surface area contributed by atoms with Crippen LogP contribution in [0.4, 0.5) is 0 Å². The minimum atomic E-state index is -0.407. The van der Waals surface area contributed by atoms with E-state index >= 15 is 0 Å². The van der Waals surface area contributed by atoms with Crippen LogP contribution < -0.4 is 0 Å². The monoisotopic (exact) mass is 294 g/mol. The Morgan fingerprint density at radius 1 is 1.05 bits per heavy atom. The molecule has 0 heterocycles. The van der Waals surface area contributed by atoms with Crippen molar-refractivity contribution in [2.45, 2.75) is 59.0 Å². The molecule has 0 amide bonds. The molecule has 0 fully saturated rings. The molecule has 0 unspecified atom stereocenters. The molecule has 0 bridgehead atoms. The summed E-state index contributed by atoms with van der Waals surface area (Å²) in [5.41, 5.74) is 1.36. The van der Waals surface area contributed by atoms with Gasteiger partial charge in [-0.05, 0) is 38.2 Å². The molecule has 120 valence electrons. The molecule has 1 aromatic rings. The first-order valence-electron chi connectivity index (χ1n) is 7.38. The molecule has 0 saturated heterocycles. The molecular weight excluding hydrogens is 264 g/mol. The van der Waals surface area contributed by atoms with Gasteiger partial charge in [0, 0.05) is 7.11 Å². The van der Waals surface area contributed by atoms with Crippen molar-refractivity contribution in [3.05, 3.63) is 35.9 Å². The van der Waals surface area contributed by atoms with Gasteiger partial charge in [0.15, 0.2) is 0 Å². The Kier molecular flexibility index (Phi) is 8.26. The number of rotatable bonds is 4. The number of carbonyl (C=O) groups is 1. The Hall–Kier alpha value is -1.35. The third-order valence-electron chi connectivity index (χ3n) is 3.12. The Bertz CT molecular complexity index is 402. The molecule has 0 saturated carbocycles. The normalized spacial score (nSPS) is 11.4. The maximum atomic E-state index is 10.7. The molecule has 3 nitrogen and oxygen atoms in total. The van der Waals surface area contributed by atoms with Crippen LogP contribution in [0.3, 0.4) is 0 Å². The SMILES string of the molecule is CCC(C)(C)c1ccccc1.COCC(=O)OC(C)(C)C. The van der Waals surface area contributed by atoms with Crippen molar-refractivity contribution >= 4 is 5.97 Å². The molecular formula is C18H30O3. The van der Waals surface area contributed by atoms with Crippen molar-refractivity contribution in [1.82, 2.24) is 0 Å². The van der Waals surface area contributed by atoms with Gasteiger partial charge in [-0.2, -0.15) is 0 Å². The fourth-order valence-corrected chi connectivity index (χ4v) is 1.58. The van der Waals surface area contributed by atoms with Gasteiger partial charge in [0.25, 0.3) is 0 Å². The largest absolute Gasteiger partial charge is 0.458 e. The van der Waals surface area contributed by atoms with Crippen LogP contribution in [0.25, 0.3) is 0 Å². The van der Waals surface area contributed by atoms with Crippen molar-refractivity contribution in [2.75, 3.05) is 13.7 Å². The van der Waals surface area contributed by atoms with Crippen LogP contribution in [0, 0.1) is 0 Å². The van der Waals surface area contributed by atoms with Crippen molar-refractivity contribution in [3.8, 4) is 0 Å². The minimum Gasteiger partial charge on any atom is -0.458 e. The Morgan fingerprint density at radius 3 is 1.95 bits per heavy atom. The maximum absolute atomic E-state index is 10.7. The number of esters is 1. The van der Waals surface area contributed by atoms with E-state index < -0.39 is 5.60 Å². The molecule has 3 heteroatoms. The molecule has 0 aliphatic carbocycles. The number of hydrogen-bond acceptors (Lipinski definition) is 3. The van der Waals surface area contributed by atoms with E-state index in [0.717, 1.165) is 0 Å². The number of hydrogen-bond donors (Lipinski definition) is 0. The average molecular weight is 294 g/mol. The average Bonchev–Trinajstić information content (AvgIpc) is 2.38. The summed E-state index contributed by atoms with van der Waals surface area (Å²) in [5.74, 6) is -0.324. The molecule has 0 aromatic heterocycles. The quantitative estimate of drug-likeness (QED) is 0.774. The summed E-state index contributed by atoms with van der Waals surface area (Å²) in [7, 11) is 1.46. The van der Waals surface area contributed by atoms with E-state index in [1.54, 1.807) is 0 Å². The van der Waals surface area contributed by atoms with Crippen LogP contribution >= 0.6 is 0 Å². The van der Waals surface area contributed by atoms with Crippen LogP contribution in [0.1, 0.15) is 53.5 Å². The molecule has 0 atom stereocenters. The lowest BCUT2D eigenvalue weighted by Gasteiger charge is -2.22. The number of ether oxygens (including phenoxy) is 2. The zero-order valence-electron chi connectivity index (χ0n) is 14.5. The summed E-state index contributed by atoms with van der Waals surface area (Å²) in [6, 6.07) is 10.7. The fourth-order valence-electron chi connectivity index (χ4n) is 1.58. The molecule has 0 aliphatic rings. The van der Waals surface area contributed by atoms with Crippen molar-refractivity contribution in [1.29, 1.82) is 0 Å². The number of carbonyl (C=O) groups excluding carboxylic acids is 1.